The maximum absolute atomic E-state index is 12.2. The Bertz CT molecular complexity index is 523. The van der Waals surface area contributed by atoms with Crippen molar-refractivity contribution in [2.24, 2.45) is 5.92 Å². The molecule has 9 heteroatoms. The second-order valence-corrected chi connectivity index (χ2v) is 7.09. The van der Waals surface area contributed by atoms with Gasteiger partial charge < -0.3 is 0 Å². The van der Waals surface area contributed by atoms with Crippen LogP contribution in [0, 0.1) is 17.2 Å². The largest absolute Gasteiger partial charge is 0.390 e. The Morgan fingerprint density at radius 1 is 1.57 bits per heavy atom. The maximum Gasteiger partial charge on any atom is 0.390 e. The van der Waals surface area contributed by atoms with E-state index in [0.29, 0.717) is 19.3 Å². The van der Waals surface area contributed by atoms with Gasteiger partial charge in [-0.3, -0.25) is 10.3 Å². The van der Waals surface area contributed by atoms with E-state index in [0.717, 1.165) is 5.70 Å². The molecule has 0 amide bonds. The lowest BCUT2D eigenvalue weighted by Crippen LogP contribution is -2.33. The van der Waals surface area contributed by atoms with Crippen LogP contribution in [0.1, 0.15) is 25.7 Å². The highest BCUT2D eigenvalue weighted by Gasteiger charge is 2.37. The Balaban J connectivity index is 2.73. The van der Waals surface area contributed by atoms with E-state index in [-0.39, 0.29) is 0 Å². The quantitative estimate of drug-likeness (QED) is 0.756. The fourth-order valence-corrected chi connectivity index (χ4v) is 3.98. The van der Waals surface area contributed by atoms with Gasteiger partial charge in [-0.05, 0) is 25.2 Å². The van der Waals surface area contributed by atoms with Crippen LogP contribution in [0.15, 0.2) is 11.8 Å². The first-order valence-electron chi connectivity index (χ1n) is 6.35. The number of halogens is 3. The van der Waals surface area contributed by atoms with Gasteiger partial charge in [-0.2, -0.15) is 18.4 Å². The Labute approximate surface area is 121 Å². The van der Waals surface area contributed by atoms with E-state index in [4.69, 9.17) is 10.1 Å². The third-order valence-electron chi connectivity index (χ3n) is 3.30. The number of hydroxylamine groups is 1. The third-order valence-corrected chi connectivity index (χ3v) is 5.33. The van der Waals surface area contributed by atoms with Gasteiger partial charge in [0, 0.05) is 5.70 Å². The van der Waals surface area contributed by atoms with Crippen LogP contribution in [-0.2, 0) is 14.7 Å². The van der Waals surface area contributed by atoms with Crippen molar-refractivity contribution < 1.29 is 26.4 Å². The van der Waals surface area contributed by atoms with Crippen LogP contribution in [0.2, 0.25) is 0 Å². The van der Waals surface area contributed by atoms with Gasteiger partial charge >= 0.3 is 6.18 Å². The van der Waals surface area contributed by atoms with Crippen molar-refractivity contribution in [3.8, 4) is 6.07 Å². The van der Waals surface area contributed by atoms with E-state index < -0.39 is 39.4 Å². The van der Waals surface area contributed by atoms with E-state index in [2.05, 4.69) is 5.48 Å². The van der Waals surface area contributed by atoms with Crippen LogP contribution in [0.3, 0.4) is 0 Å². The molecule has 21 heavy (non-hydrogen) atoms. The highest BCUT2D eigenvalue weighted by atomic mass is 32.2. The van der Waals surface area contributed by atoms with Crippen LogP contribution in [0.25, 0.3) is 0 Å². The normalized spacial score (nSPS) is 21.3. The fraction of sp³-hybridized carbons (Fsp3) is 0.750. The van der Waals surface area contributed by atoms with Crippen LogP contribution in [0.5, 0.6) is 0 Å². The molecule has 1 N–H and O–H groups in total. The SMILES string of the molecule is CONC1=CCC(C(C#N)S(=O)(=O)CCC(F)(F)F)CC1. The molecule has 0 saturated heterocycles. The first-order chi connectivity index (χ1) is 9.69. The molecule has 1 aliphatic rings. The highest BCUT2D eigenvalue weighted by molar-refractivity contribution is 7.92. The van der Waals surface area contributed by atoms with Crippen LogP contribution >= 0.6 is 0 Å². The van der Waals surface area contributed by atoms with Crippen molar-refractivity contribution in [1.29, 1.82) is 5.26 Å². The number of allylic oxidation sites excluding steroid dienone is 2. The van der Waals surface area contributed by atoms with Crippen LogP contribution in [0.4, 0.5) is 13.2 Å². The number of nitrogens with zero attached hydrogens (tertiary/aromatic N) is 1. The average Bonchev–Trinajstić information content (AvgIpc) is 2.39. The molecule has 0 spiro atoms. The Morgan fingerprint density at radius 2 is 2.24 bits per heavy atom. The van der Waals surface area contributed by atoms with Crippen molar-refractivity contribution in [2.45, 2.75) is 37.1 Å². The predicted octanol–water partition coefficient (Wildman–Crippen LogP) is 2.08. The first kappa shape index (κ1) is 17.8. The lowest BCUT2D eigenvalue weighted by atomic mass is 9.90. The Kier molecular flexibility index (Phi) is 6.04. The summed E-state index contributed by atoms with van der Waals surface area (Å²) in [7, 11) is -2.66. The van der Waals surface area contributed by atoms with Gasteiger partial charge in [0.05, 0.1) is 25.4 Å². The molecule has 2 atom stereocenters. The molecule has 2 unspecified atom stereocenters. The monoisotopic (exact) mass is 326 g/mol. The highest BCUT2D eigenvalue weighted by Crippen LogP contribution is 2.30. The molecule has 0 aromatic carbocycles. The van der Waals surface area contributed by atoms with Crippen molar-refractivity contribution >= 4 is 9.84 Å². The smallest absolute Gasteiger partial charge is 0.280 e. The van der Waals surface area contributed by atoms with Crippen molar-refractivity contribution in [3.05, 3.63) is 11.8 Å². The molecule has 1 aliphatic carbocycles. The molecule has 1 rings (SSSR count). The zero-order chi connectivity index (χ0) is 16.1. The minimum Gasteiger partial charge on any atom is -0.280 e. The molecule has 0 saturated carbocycles. The standard InChI is InChI=1S/C12H17F3N2O3S/c1-20-17-10-4-2-9(3-5-10)11(8-16)21(18,19)7-6-12(13,14)15/h4,9,11,17H,2-3,5-7H2,1H3. The molecule has 0 radical (unpaired) electrons. The van der Waals surface area contributed by atoms with Gasteiger partial charge in [0.2, 0.25) is 0 Å². The first-order valence-corrected chi connectivity index (χ1v) is 8.07. The van der Waals surface area contributed by atoms with Crippen molar-refractivity contribution in [2.75, 3.05) is 12.9 Å². The number of sulfone groups is 1. The number of hydrogen-bond donors (Lipinski definition) is 1. The Morgan fingerprint density at radius 3 is 2.67 bits per heavy atom. The molecule has 0 fully saturated rings. The minimum atomic E-state index is -4.55. The summed E-state index contributed by atoms with van der Waals surface area (Å²) in [4.78, 5) is 4.72. The van der Waals surface area contributed by atoms with Gasteiger partial charge in [-0.25, -0.2) is 8.42 Å². The topological polar surface area (TPSA) is 79.2 Å². The molecule has 0 aromatic heterocycles. The summed E-state index contributed by atoms with van der Waals surface area (Å²) in [5, 5.41) is 7.64. The number of nitriles is 1. The molecular formula is C12H17F3N2O3S. The lowest BCUT2D eigenvalue weighted by molar-refractivity contribution is -0.129. The zero-order valence-corrected chi connectivity index (χ0v) is 12.3. The average molecular weight is 326 g/mol. The van der Waals surface area contributed by atoms with Gasteiger partial charge in [0.1, 0.15) is 0 Å². The molecule has 5 nitrogen and oxygen atoms in total. The summed E-state index contributed by atoms with van der Waals surface area (Å²) in [5.41, 5.74) is 3.40. The molecular weight excluding hydrogens is 309 g/mol. The molecule has 0 aliphatic heterocycles. The van der Waals surface area contributed by atoms with Crippen molar-refractivity contribution in [3.63, 3.8) is 0 Å². The van der Waals surface area contributed by atoms with E-state index in [1.807, 2.05) is 0 Å². The molecule has 120 valence electrons. The maximum atomic E-state index is 12.2. The number of hydrogen-bond acceptors (Lipinski definition) is 5. The van der Waals surface area contributed by atoms with E-state index in [1.54, 1.807) is 12.1 Å². The summed E-state index contributed by atoms with van der Waals surface area (Å²) in [6, 6.07) is 1.66. The summed E-state index contributed by atoms with van der Waals surface area (Å²) in [5.74, 6) is -1.53. The van der Waals surface area contributed by atoms with Crippen molar-refractivity contribution in [1.82, 2.24) is 5.48 Å². The van der Waals surface area contributed by atoms with E-state index >= 15 is 0 Å². The predicted molar refractivity (Wildman–Crippen MR) is 69.4 cm³/mol. The summed E-state index contributed by atoms with van der Waals surface area (Å²) < 4.78 is 60.3. The zero-order valence-electron chi connectivity index (χ0n) is 11.5. The summed E-state index contributed by atoms with van der Waals surface area (Å²) >= 11 is 0. The summed E-state index contributed by atoms with van der Waals surface area (Å²) in [6.45, 7) is 0. The second kappa shape index (κ2) is 7.13. The lowest BCUT2D eigenvalue weighted by Gasteiger charge is -2.25. The van der Waals surface area contributed by atoms with E-state index in [9.17, 15) is 21.6 Å². The van der Waals surface area contributed by atoms with Crippen LogP contribution < -0.4 is 5.48 Å². The Hall–Kier alpha value is -1.27. The number of rotatable bonds is 6. The fourth-order valence-electron chi connectivity index (χ4n) is 2.22. The van der Waals surface area contributed by atoms with Gasteiger partial charge in [0.15, 0.2) is 15.1 Å². The van der Waals surface area contributed by atoms with Crippen LogP contribution in [-0.4, -0.2) is 32.7 Å². The van der Waals surface area contributed by atoms with E-state index in [1.165, 1.54) is 7.11 Å². The minimum absolute atomic E-state index is 0.315. The molecule has 0 bridgehead atoms. The summed E-state index contributed by atoms with van der Waals surface area (Å²) in [6.07, 6.45) is -3.05. The van der Waals surface area contributed by atoms with Gasteiger partial charge in [-0.1, -0.05) is 6.08 Å². The third kappa shape index (κ3) is 5.55. The number of nitrogens with one attached hydrogen (secondary N) is 1. The van der Waals surface area contributed by atoms with Gasteiger partial charge in [-0.15, -0.1) is 0 Å². The van der Waals surface area contributed by atoms with Gasteiger partial charge in [0.25, 0.3) is 0 Å². The molecule has 0 heterocycles. The second-order valence-electron chi connectivity index (χ2n) is 4.85. The number of alkyl halides is 3. The molecule has 0 aromatic rings.